The number of carbonyl (C=O) groups is 1. The van der Waals surface area contributed by atoms with Gasteiger partial charge in [-0.3, -0.25) is 4.79 Å². The van der Waals surface area contributed by atoms with Gasteiger partial charge in [0, 0.05) is 35.6 Å². The zero-order valence-corrected chi connectivity index (χ0v) is 15.5. The van der Waals surface area contributed by atoms with Crippen molar-refractivity contribution in [2.24, 2.45) is 5.73 Å². The van der Waals surface area contributed by atoms with E-state index >= 15 is 0 Å². The second-order valence-corrected chi connectivity index (χ2v) is 7.14. The molecule has 1 aromatic carbocycles. The molecular formula is C20H23ClN4O. The van der Waals surface area contributed by atoms with E-state index in [-0.39, 0.29) is 5.91 Å². The average molecular weight is 371 g/mol. The zero-order valence-electron chi connectivity index (χ0n) is 14.7. The van der Waals surface area contributed by atoms with Crippen LogP contribution in [0.1, 0.15) is 43.2 Å². The maximum atomic E-state index is 13.7. The molecule has 6 heteroatoms. The quantitative estimate of drug-likeness (QED) is 0.884. The molecule has 136 valence electrons. The number of hydrogen-bond donors (Lipinski definition) is 1. The Morgan fingerprint density at radius 3 is 2.65 bits per heavy atom. The van der Waals surface area contributed by atoms with Gasteiger partial charge in [0.2, 0.25) is 0 Å². The smallest absolute Gasteiger partial charge is 0.253 e. The van der Waals surface area contributed by atoms with Crippen molar-refractivity contribution in [3.8, 4) is 6.07 Å². The van der Waals surface area contributed by atoms with Crippen LogP contribution in [0.4, 0.5) is 0 Å². The number of amides is 1. The molecule has 2 aliphatic heterocycles. The number of hydrogen-bond acceptors (Lipinski definition) is 4. The Labute approximate surface area is 159 Å². The lowest BCUT2D eigenvalue weighted by atomic mass is 9.84. The topological polar surface area (TPSA) is 73.4 Å². The first-order valence-corrected chi connectivity index (χ1v) is 9.28. The molecule has 2 N–H and O–H groups in total. The summed E-state index contributed by atoms with van der Waals surface area (Å²) >= 11 is 6.54. The van der Waals surface area contributed by atoms with Gasteiger partial charge in [-0.25, -0.2) is 0 Å². The molecule has 26 heavy (non-hydrogen) atoms. The summed E-state index contributed by atoms with van der Waals surface area (Å²) in [4.78, 5) is 17.5. The van der Waals surface area contributed by atoms with Crippen molar-refractivity contribution in [2.45, 2.75) is 37.6 Å². The minimum Gasteiger partial charge on any atom is -0.403 e. The third kappa shape index (κ3) is 2.85. The van der Waals surface area contributed by atoms with Crippen LogP contribution in [0.2, 0.25) is 5.02 Å². The second kappa shape index (κ2) is 7.43. The molecule has 0 aromatic heterocycles. The fourth-order valence-corrected chi connectivity index (χ4v) is 4.44. The van der Waals surface area contributed by atoms with Crippen LogP contribution >= 0.6 is 11.6 Å². The van der Waals surface area contributed by atoms with Gasteiger partial charge in [0.25, 0.3) is 5.91 Å². The number of halogens is 1. The highest BCUT2D eigenvalue weighted by Gasteiger charge is 2.52. The van der Waals surface area contributed by atoms with Crippen molar-refractivity contribution in [3.05, 3.63) is 59.0 Å². The van der Waals surface area contributed by atoms with Gasteiger partial charge >= 0.3 is 0 Å². The molecular weight excluding hydrogens is 348 g/mol. The molecule has 2 fully saturated rings. The molecule has 1 amide bonds. The Morgan fingerprint density at radius 2 is 2.08 bits per heavy atom. The highest BCUT2D eigenvalue weighted by molar-refractivity contribution is 6.32. The van der Waals surface area contributed by atoms with Crippen LogP contribution in [0.3, 0.4) is 0 Å². The number of nitriles is 1. The van der Waals surface area contributed by atoms with E-state index in [0.29, 0.717) is 29.0 Å². The Balaban J connectivity index is 2.15. The van der Waals surface area contributed by atoms with E-state index in [2.05, 4.69) is 12.6 Å². The molecule has 2 saturated heterocycles. The van der Waals surface area contributed by atoms with Gasteiger partial charge in [-0.05, 0) is 50.4 Å². The van der Waals surface area contributed by atoms with E-state index in [1.54, 1.807) is 24.4 Å². The van der Waals surface area contributed by atoms with Gasteiger partial charge in [0.05, 0.1) is 11.6 Å². The number of allylic oxidation sites excluding steroid dienone is 1. The monoisotopic (exact) mass is 370 g/mol. The minimum atomic E-state index is -0.963. The van der Waals surface area contributed by atoms with Crippen LogP contribution in [-0.2, 0) is 10.3 Å². The van der Waals surface area contributed by atoms with E-state index in [1.165, 1.54) is 6.20 Å². The van der Waals surface area contributed by atoms with E-state index < -0.39 is 5.54 Å². The molecule has 0 radical (unpaired) electrons. The Hall–Kier alpha value is -2.45. The molecule has 1 atom stereocenters. The standard InChI is InChI=1S/C20H23ClN4O/c1-2-25-16(14-23)8-9-20(25,19(26)24-10-4-3-5-11-24)17-7-6-15(13-22)12-18(17)21/h2,6-7,12,14H,1,3-5,8-11,23H2/b16-14-. The van der Waals surface area contributed by atoms with Crippen molar-refractivity contribution in [1.82, 2.24) is 9.80 Å². The maximum absolute atomic E-state index is 13.7. The Morgan fingerprint density at radius 1 is 1.35 bits per heavy atom. The zero-order chi connectivity index (χ0) is 18.7. The highest BCUT2D eigenvalue weighted by Crippen LogP contribution is 2.48. The minimum absolute atomic E-state index is 0.0283. The summed E-state index contributed by atoms with van der Waals surface area (Å²) in [6.45, 7) is 5.42. The summed E-state index contributed by atoms with van der Waals surface area (Å²) in [7, 11) is 0. The highest BCUT2D eigenvalue weighted by atomic mass is 35.5. The molecule has 0 spiro atoms. The van der Waals surface area contributed by atoms with Crippen molar-refractivity contribution in [1.29, 1.82) is 5.26 Å². The van der Waals surface area contributed by atoms with E-state index in [4.69, 9.17) is 22.6 Å². The number of nitrogens with two attached hydrogens (primary N) is 1. The number of likely N-dealkylation sites (tertiary alicyclic amines) is 2. The summed E-state index contributed by atoms with van der Waals surface area (Å²) in [6.07, 6.45) is 7.59. The molecule has 0 bridgehead atoms. The van der Waals surface area contributed by atoms with Crippen LogP contribution in [0.25, 0.3) is 0 Å². The first kappa shape index (κ1) is 18.3. The molecule has 2 aliphatic rings. The van der Waals surface area contributed by atoms with Gasteiger partial charge in [-0.15, -0.1) is 0 Å². The number of benzene rings is 1. The average Bonchev–Trinajstić information content (AvgIpc) is 3.07. The number of nitrogens with zero attached hydrogens (tertiary/aromatic N) is 3. The van der Waals surface area contributed by atoms with E-state index in [1.807, 2.05) is 9.80 Å². The normalized spacial score (nSPS) is 24.5. The summed E-state index contributed by atoms with van der Waals surface area (Å²) in [5.41, 5.74) is 6.87. The van der Waals surface area contributed by atoms with Crippen molar-refractivity contribution in [2.75, 3.05) is 13.1 Å². The first-order chi connectivity index (χ1) is 12.6. The summed E-state index contributed by atoms with van der Waals surface area (Å²) < 4.78 is 0. The van der Waals surface area contributed by atoms with Crippen molar-refractivity contribution in [3.63, 3.8) is 0 Å². The lowest BCUT2D eigenvalue weighted by Crippen LogP contribution is -2.53. The molecule has 1 unspecified atom stereocenters. The predicted molar refractivity (Wildman–Crippen MR) is 102 cm³/mol. The van der Waals surface area contributed by atoms with Gasteiger partial charge in [0.15, 0.2) is 5.54 Å². The largest absolute Gasteiger partial charge is 0.403 e. The molecule has 0 aliphatic carbocycles. The number of rotatable bonds is 3. The van der Waals surface area contributed by atoms with E-state index in [0.717, 1.165) is 38.0 Å². The van der Waals surface area contributed by atoms with Crippen LogP contribution in [0, 0.1) is 11.3 Å². The van der Waals surface area contributed by atoms with Crippen LogP contribution in [-0.4, -0.2) is 28.8 Å². The lowest BCUT2D eigenvalue weighted by Gasteiger charge is -2.42. The number of piperidine rings is 1. The SMILES string of the molecule is C=CN1/C(=C\N)CCC1(C(=O)N1CCCCC1)c1ccc(C#N)cc1Cl. The predicted octanol–water partition coefficient (Wildman–Crippen LogP) is 3.46. The lowest BCUT2D eigenvalue weighted by molar-refractivity contribution is -0.142. The van der Waals surface area contributed by atoms with Gasteiger partial charge in [-0.2, -0.15) is 5.26 Å². The first-order valence-electron chi connectivity index (χ1n) is 8.90. The molecule has 5 nitrogen and oxygen atoms in total. The Kier molecular flexibility index (Phi) is 5.24. The van der Waals surface area contributed by atoms with Gasteiger partial charge < -0.3 is 15.5 Å². The third-order valence-corrected chi connectivity index (χ3v) is 5.69. The summed E-state index contributed by atoms with van der Waals surface area (Å²) in [5.74, 6) is 0.0283. The fourth-order valence-electron chi connectivity index (χ4n) is 4.10. The van der Waals surface area contributed by atoms with Crippen molar-refractivity contribution >= 4 is 17.5 Å². The van der Waals surface area contributed by atoms with E-state index in [9.17, 15) is 4.79 Å². The summed E-state index contributed by atoms with van der Waals surface area (Å²) in [5, 5.41) is 9.55. The van der Waals surface area contributed by atoms with Crippen LogP contribution < -0.4 is 5.73 Å². The molecule has 1 aromatic rings. The molecule has 2 heterocycles. The molecule has 0 saturated carbocycles. The molecule has 3 rings (SSSR count). The maximum Gasteiger partial charge on any atom is 0.253 e. The summed E-state index contributed by atoms with van der Waals surface area (Å²) in [6, 6.07) is 7.21. The van der Waals surface area contributed by atoms with Gasteiger partial charge in [0.1, 0.15) is 0 Å². The van der Waals surface area contributed by atoms with Crippen molar-refractivity contribution < 1.29 is 4.79 Å². The number of carbonyl (C=O) groups excluding carboxylic acids is 1. The second-order valence-electron chi connectivity index (χ2n) is 6.73. The van der Waals surface area contributed by atoms with Crippen LogP contribution in [0.5, 0.6) is 0 Å². The van der Waals surface area contributed by atoms with Gasteiger partial charge in [-0.1, -0.05) is 24.2 Å². The fraction of sp³-hybridized carbons (Fsp3) is 0.400. The third-order valence-electron chi connectivity index (χ3n) is 5.38. The van der Waals surface area contributed by atoms with Crippen LogP contribution in [0.15, 0.2) is 42.9 Å². The Bertz CT molecular complexity index is 791.